The molecule has 5 nitrogen and oxygen atoms in total. The molecular formula is C12H13ClN2O3S. The number of oxazole rings is 1. The minimum Gasteiger partial charge on any atom is -0.447 e. The van der Waals surface area contributed by atoms with Gasteiger partial charge in [-0.3, -0.25) is 0 Å². The van der Waals surface area contributed by atoms with Gasteiger partial charge in [0, 0.05) is 5.02 Å². The zero-order valence-corrected chi connectivity index (χ0v) is 11.8. The first kappa shape index (κ1) is 14.0. The summed E-state index contributed by atoms with van der Waals surface area (Å²) in [5.74, 6) is 0.414. The molecule has 102 valence electrons. The van der Waals surface area contributed by atoms with Crippen LogP contribution in [0.2, 0.25) is 5.02 Å². The van der Waals surface area contributed by atoms with Crippen molar-refractivity contribution in [3.05, 3.63) is 52.7 Å². The zero-order valence-electron chi connectivity index (χ0n) is 10.3. The van der Waals surface area contributed by atoms with Crippen molar-refractivity contribution in [3.63, 3.8) is 0 Å². The summed E-state index contributed by atoms with van der Waals surface area (Å²) in [7, 11) is -3.42. The number of nitrogens with zero attached hydrogens (tertiary/aromatic N) is 1. The zero-order chi connectivity index (χ0) is 13.9. The minimum absolute atomic E-state index is 0.0990. The standard InChI is InChI=1S/C12H13ClN2O3S/c1-9-12(18-8-14-9)6-15-19(16,17)7-10-2-4-11(13)5-3-10/h2-5,8,15H,6-7H2,1H3. The topological polar surface area (TPSA) is 72.2 Å². The summed E-state index contributed by atoms with van der Waals surface area (Å²) in [6, 6.07) is 6.68. The smallest absolute Gasteiger partial charge is 0.216 e. The lowest BCUT2D eigenvalue weighted by Crippen LogP contribution is -2.24. The molecule has 0 saturated carbocycles. The Labute approximate surface area is 116 Å². The van der Waals surface area contributed by atoms with Crippen LogP contribution in [0.15, 0.2) is 35.1 Å². The molecule has 0 radical (unpaired) electrons. The van der Waals surface area contributed by atoms with Crippen LogP contribution < -0.4 is 4.72 Å². The summed E-state index contributed by atoms with van der Waals surface area (Å²) in [4.78, 5) is 3.89. The van der Waals surface area contributed by atoms with Crippen LogP contribution >= 0.6 is 11.6 Å². The van der Waals surface area contributed by atoms with E-state index in [9.17, 15) is 8.42 Å². The van der Waals surface area contributed by atoms with Crippen molar-refractivity contribution in [2.24, 2.45) is 0 Å². The van der Waals surface area contributed by atoms with Crippen molar-refractivity contribution < 1.29 is 12.8 Å². The van der Waals surface area contributed by atoms with Crippen molar-refractivity contribution in [1.82, 2.24) is 9.71 Å². The van der Waals surface area contributed by atoms with E-state index in [4.69, 9.17) is 16.0 Å². The van der Waals surface area contributed by atoms with Crippen LogP contribution in [0, 0.1) is 6.92 Å². The van der Waals surface area contributed by atoms with Gasteiger partial charge in [-0.1, -0.05) is 23.7 Å². The van der Waals surface area contributed by atoms with Crippen LogP contribution in [-0.4, -0.2) is 13.4 Å². The minimum atomic E-state index is -3.42. The normalized spacial score (nSPS) is 11.7. The van der Waals surface area contributed by atoms with Gasteiger partial charge in [0.2, 0.25) is 10.0 Å². The second kappa shape index (κ2) is 5.73. The van der Waals surface area contributed by atoms with Gasteiger partial charge in [-0.25, -0.2) is 18.1 Å². The first-order valence-electron chi connectivity index (χ1n) is 5.57. The molecule has 0 aliphatic rings. The number of aryl methyl sites for hydroxylation is 1. The molecule has 0 unspecified atom stereocenters. The molecule has 1 aromatic carbocycles. The van der Waals surface area contributed by atoms with E-state index in [1.807, 2.05) is 0 Å². The fourth-order valence-corrected chi connectivity index (χ4v) is 2.73. The van der Waals surface area contributed by atoms with Gasteiger partial charge in [0.05, 0.1) is 18.0 Å². The largest absolute Gasteiger partial charge is 0.447 e. The van der Waals surface area contributed by atoms with E-state index < -0.39 is 10.0 Å². The van der Waals surface area contributed by atoms with Crippen molar-refractivity contribution in [3.8, 4) is 0 Å². The van der Waals surface area contributed by atoms with Crippen LogP contribution in [0.25, 0.3) is 0 Å². The summed E-state index contributed by atoms with van der Waals surface area (Å²) in [6.07, 6.45) is 1.29. The summed E-state index contributed by atoms with van der Waals surface area (Å²) >= 11 is 5.74. The van der Waals surface area contributed by atoms with E-state index >= 15 is 0 Å². The Morgan fingerprint density at radius 1 is 1.32 bits per heavy atom. The molecule has 0 aliphatic carbocycles. The summed E-state index contributed by atoms with van der Waals surface area (Å²) < 4.78 is 31.3. The summed E-state index contributed by atoms with van der Waals surface area (Å²) in [5.41, 5.74) is 1.35. The number of hydrogen-bond donors (Lipinski definition) is 1. The van der Waals surface area contributed by atoms with Gasteiger partial charge in [0.25, 0.3) is 0 Å². The van der Waals surface area contributed by atoms with Gasteiger partial charge >= 0.3 is 0 Å². The second-order valence-electron chi connectivity index (χ2n) is 4.07. The number of sulfonamides is 1. The van der Waals surface area contributed by atoms with E-state index in [0.717, 1.165) is 0 Å². The Balaban J connectivity index is 1.99. The van der Waals surface area contributed by atoms with E-state index in [1.165, 1.54) is 6.39 Å². The Morgan fingerprint density at radius 3 is 2.58 bits per heavy atom. The molecule has 0 saturated heterocycles. The molecule has 0 spiro atoms. The average molecular weight is 301 g/mol. The van der Waals surface area contributed by atoms with Crippen molar-refractivity contribution in [2.75, 3.05) is 0 Å². The summed E-state index contributed by atoms with van der Waals surface area (Å²) in [6.45, 7) is 1.86. The lowest BCUT2D eigenvalue weighted by atomic mass is 10.2. The van der Waals surface area contributed by atoms with Gasteiger partial charge < -0.3 is 4.42 Å². The van der Waals surface area contributed by atoms with Crippen LogP contribution in [0.1, 0.15) is 17.0 Å². The predicted octanol–water partition coefficient (Wildman–Crippen LogP) is 2.26. The number of halogens is 1. The van der Waals surface area contributed by atoms with Crippen molar-refractivity contribution in [2.45, 2.75) is 19.2 Å². The molecule has 7 heteroatoms. The van der Waals surface area contributed by atoms with E-state index in [-0.39, 0.29) is 12.3 Å². The second-order valence-corrected chi connectivity index (χ2v) is 6.31. The monoisotopic (exact) mass is 300 g/mol. The maximum atomic E-state index is 11.9. The maximum Gasteiger partial charge on any atom is 0.216 e. The molecule has 0 amide bonds. The molecule has 19 heavy (non-hydrogen) atoms. The third-order valence-corrected chi connectivity index (χ3v) is 4.12. The third kappa shape index (κ3) is 4.05. The van der Waals surface area contributed by atoms with E-state index in [2.05, 4.69) is 9.71 Å². The first-order chi connectivity index (χ1) is 8.96. The lowest BCUT2D eigenvalue weighted by Gasteiger charge is -2.05. The van der Waals surface area contributed by atoms with E-state index in [1.54, 1.807) is 31.2 Å². The van der Waals surface area contributed by atoms with Crippen LogP contribution in [0.4, 0.5) is 0 Å². The Hall–Kier alpha value is -1.37. The van der Waals surface area contributed by atoms with Gasteiger partial charge in [0.15, 0.2) is 6.39 Å². The highest BCUT2D eigenvalue weighted by atomic mass is 35.5. The molecule has 0 bridgehead atoms. The van der Waals surface area contributed by atoms with E-state index in [0.29, 0.717) is 22.0 Å². The number of aromatic nitrogens is 1. The first-order valence-corrected chi connectivity index (χ1v) is 7.60. The maximum absolute atomic E-state index is 11.9. The van der Waals surface area contributed by atoms with Crippen molar-refractivity contribution in [1.29, 1.82) is 0 Å². The number of nitrogens with one attached hydrogen (secondary N) is 1. The highest BCUT2D eigenvalue weighted by Gasteiger charge is 2.13. The fourth-order valence-electron chi connectivity index (χ4n) is 1.52. The Kier molecular flexibility index (Phi) is 4.24. The van der Waals surface area contributed by atoms with Gasteiger partial charge in [-0.15, -0.1) is 0 Å². The molecule has 1 N–H and O–H groups in total. The number of rotatable bonds is 5. The summed E-state index contributed by atoms with van der Waals surface area (Å²) in [5, 5.41) is 0.575. The lowest BCUT2D eigenvalue weighted by molar-refractivity contribution is 0.492. The van der Waals surface area contributed by atoms with Crippen LogP contribution in [0.3, 0.4) is 0 Å². The van der Waals surface area contributed by atoms with Gasteiger partial charge in [-0.05, 0) is 24.6 Å². The van der Waals surface area contributed by atoms with Crippen LogP contribution in [0.5, 0.6) is 0 Å². The molecule has 2 rings (SSSR count). The molecule has 0 aliphatic heterocycles. The SMILES string of the molecule is Cc1ncoc1CNS(=O)(=O)Cc1ccc(Cl)cc1. The molecule has 0 fully saturated rings. The molecule has 0 atom stereocenters. The average Bonchev–Trinajstić information content (AvgIpc) is 2.75. The number of benzene rings is 1. The number of hydrogen-bond acceptors (Lipinski definition) is 4. The molecular weight excluding hydrogens is 288 g/mol. The molecule has 1 aromatic heterocycles. The molecule has 1 heterocycles. The highest BCUT2D eigenvalue weighted by Crippen LogP contribution is 2.12. The van der Waals surface area contributed by atoms with Gasteiger partial charge in [-0.2, -0.15) is 0 Å². The van der Waals surface area contributed by atoms with Crippen LogP contribution in [-0.2, 0) is 22.3 Å². The fraction of sp³-hybridized carbons (Fsp3) is 0.250. The predicted molar refractivity (Wildman–Crippen MR) is 72.2 cm³/mol. The van der Waals surface area contributed by atoms with Gasteiger partial charge in [0.1, 0.15) is 5.76 Å². The molecule has 2 aromatic rings. The third-order valence-electron chi connectivity index (χ3n) is 2.57. The quantitative estimate of drug-likeness (QED) is 0.919. The highest BCUT2D eigenvalue weighted by molar-refractivity contribution is 7.88. The Morgan fingerprint density at radius 2 is 2.00 bits per heavy atom. The Bertz CT molecular complexity index is 650. The van der Waals surface area contributed by atoms with Crippen molar-refractivity contribution >= 4 is 21.6 Å².